The van der Waals surface area contributed by atoms with E-state index in [-0.39, 0.29) is 5.54 Å². The fourth-order valence-electron chi connectivity index (χ4n) is 0.491. The van der Waals surface area contributed by atoms with Crippen LogP contribution in [0.5, 0.6) is 0 Å². The predicted molar refractivity (Wildman–Crippen MR) is 53.3 cm³/mol. The van der Waals surface area contributed by atoms with Gasteiger partial charge in [-0.1, -0.05) is 5.59 Å². The summed E-state index contributed by atoms with van der Waals surface area (Å²) in [5, 5.41) is 0. The van der Waals surface area contributed by atoms with Crippen LogP contribution in [0.3, 0.4) is 0 Å². The molecule has 0 aliphatic rings. The van der Waals surface area contributed by atoms with Gasteiger partial charge in [-0.2, -0.15) is 0 Å². The number of carbonyl (C=O) groups is 1. The van der Waals surface area contributed by atoms with Gasteiger partial charge in [0.25, 0.3) is 0 Å². The normalized spacial score (nSPS) is 12.4. The molecule has 0 rings (SSSR count). The van der Waals surface area contributed by atoms with E-state index in [2.05, 4.69) is 15.9 Å². The Balaban J connectivity index is 3.66. The molecule has 5 heteroatoms. The maximum atomic E-state index is 11.0. The van der Waals surface area contributed by atoms with Gasteiger partial charge in [0.2, 0.25) is 0 Å². The number of rotatable bonds is 2. The monoisotopic (exact) mass is 204 g/mol. The summed E-state index contributed by atoms with van der Waals surface area (Å²) in [5.41, 5.74) is 4.37. The second-order valence-corrected chi connectivity index (χ2v) is 5.04. The third-order valence-corrected chi connectivity index (χ3v) is 0.950. The van der Waals surface area contributed by atoms with Gasteiger partial charge in [0.1, 0.15) is 5.60 Å². The van der Waals surface area contributed by atoms with Gasteiger partial charge in [-0.15, -0.1) is 0 Å². The van der Waals surface area contributed by atoms with E-state index >= 15 is 0 Å². The van der Waals surface area contributed by atoms with Crippen molar-refractivity contribution in [3.63, 3.8) is 0 Å². The Morgan fingerprint density at radius 2 is 1.57 bits per heavy atom. The van der Waals surface area contributed by atoms with Crippen molar-refractivity contribution in [3.8, 4) is 0 Å². The summed E-state index contributed by atoms with van der Waals surface area (Å²) in [5.74, 6) is 0. The number of hydrogen-bond acceptors (Lipinski definition) is 5. The third-order valence-electron chi connectivity index (χ3n) is 0.950. The number of ether oxygens (including phenoxy) is 1. The van der Waals surface area contributed by atoms with Crippen molar-refractivity contribution in [3.05, 3.63) is 0 Å². The van der Waals surface area contributed by atoms with Gasteiger partial charge in [0.05, 0.1) is 0 Å². The predicted octanol–water partition coefficient (Wildman–Crippen LogP) is 1.75. The van der Waals surface area contributed by atoms with Crippen LogP contribution in [0.15, 0.2) is 0 Å². The summed E-state index contributed by atoms with van der Waals surface area (Å²) in [6, 6.07) is 0. The minimum Gasteiger partial charge on any atom is -0.427 e. The van der Waals surface area contributed by atoms with Crippen molar-refractivity contribution < 1.29 is 14.4 Å². The fourth-order valence-corrected chi connectivity index (χ4v) is 0.491. The van der Waals surface area contributed by atoms with Gasteiger partial charge >= 0.3 is 6.16 Å². The van der Waals surface area contributed by atoms with E-state index in [1.807, 2.05) is 20.8 Å². The van der Waals surface area contributed by atoms with Crippen molar-refractivity contribution in [2.24, 2.45) is 0 Å². The Kier molecular flexibility index (Phi) is 4.35. The largest absolute Gasteiger partial charge is 0.529 e. The molecule has 5 nitrogen and oxygen atoms in total. The minimum absolute atomic E-state index is 0.179. The highest BCUT2D eigenvalue weighted by atomic mass is 16.8. The Labute approximate surface area is 85.1 Å². The van der Waals surface area contributed by atoms with Crippen molar-refractivity contribution in [1.82, 2.24) is 11.0 Å². The zero-order valence-electron chi connectivity index (χ0n) is 9.72. The molecular formula is C9H20N2O3. The maximum absolute atomic E-state index is 11.0. The lowest BCUT2D eigenvalue weighted by Crippen LogP contribution is -2.47. The van der Waals surface area contributed by atoms with Crippen molar-refractivity contribution >= 4 is 6.16 Å². The second-order valence-electron chi connectivity index (χ2n) is 5.04. The van der Waals surface area contributed by atoms with Crippen LogP contribution in [0.25, 0.3) is 0 Å². The second kappa shape index (κ2) is 4.61. The highest BCUT2D eigenvalue weighted by Gasteiger charge is 2.18. The molecule has 0 aliphatic carbocycles. The molecule has 0 unspecified atom stereocenters. The Morgan fingerprint density at radius 1 is 1.07 bits per heavy atom. The Hall–Kier alpha value is -0.810. The van der Waals surface area contributed by atoms with Gasteiger partial charge in [-0.3, -0.25) is 0 Å². The summed E-state index contributed by atoms with van der Waals surface area (Å²) >= 11 is 0. The lowest BCUT2D eigenvalue weighted by molar-refractivity contribution is -0.0479. The summed E-state index contributed by atoms with van der Waals surface area (Å²) < 4.78 is 4.89. The molecule has 0 saturated carbocycles. The molecule has 0 saturated heterocycles. The van der Waals surface area contributed by atoms with Gasteiger partial charge in [0, 0.05) is 5.54 Å². The van der Waals surface area contributed by atoms with Gasteiger partial charge in [0.15, 0.2) is 0 Å². The van der Waals surface area contributed by atoms with Crippen LogP contribution in [0.4, 0.5) is 4.79 Å². The highest BCUT2D eigenvalue weighted by Crippen LogP contribution is 2.07. The lowest BCUT2D eigenvalue weighted by Gasteiger charge is -2.22. The average Bonchev–Trinajstić information content (AvgIpc) is 1.78. The Morgan fingerprint density at radius 3 is 1.93 bits per heavy atom. The van der Waals surface area contributed by atoms with Crippen LogP contribution >= 0.6 is 0 Å². The first kappa shape index (κ1) is 13.2. The summed E-state index contributed by atoms with van der Waals surface area (Å²) in [7, 11) is 0. The molecule has 0 aromatic carbocycles. The molecule has 84 valence electrons. The smallest absolute Gasteiger partial charge is 0.427 e. The van der Waals surface area contributed by atoms with E-state index in [0.29, 0.717) is 0 Å². The molecule has 0 aliphatic heterocycles. The van der Waals surface area contributed by atoms with Crippen LogP contribution in [0.2, 0.25) is 0 Å². The van der Waals surface area contributed by atoms with Gasteiger partial charge in [-0.25, -0.2) is 10.2 Å². The molecule has 0 amide bonds. The molecule has 0 radical (unpaired) electrons. The van der Waals surface area contributed by atoms with E-state index in [1.54, 1.807) is 20.8 Å². The molecule has 0 aromatic rings. The summed E-state index contributed by atoms with van der Waals surface area (Å²) in [4.78, 5) is 15.6. The first-order chi connectivity index (χ1) is 6.10. The number of carbonyl (C=O) groups excluding carboxylic acids is 1. The fraction of sp³-hybridized carbons (Fsp3) is 0.889. The van der Waals surface area contributed by atoms with Crippen molar-refractivity contribution in [1.29, 1.82) is 0 Å². The summed E-state index contributed by atoms with van der Waals surface area (Å²) in [6.45, 7) is 11.1. The van der Waals surface area contributed by atoms with Gasteiger partial charge < -0.3 is 9.57 Å². The zero-order chi connectivity index (χ0) is 11.4. The zero-order valence-corrected chi connectivity index (χ0v) is 9.72. The molecule has 0 fully saturated rings. The van der Waals surface area contributed by atoms with E-state index in [9.17, 15) is 4.79 Å². The quantitative estimate of drug-likeness (QED) is 0.530. The molecule has 0 atom stereocenters. The summed E-state index contributed by atoms with van der Waals surface area (Å²) in [6.07, 6.45) is -0.755. The minimum atomic E-state index is -0.755. The highest BCUT2D eigenvalue weighted by molar-refractivity contribution is 5.59. The van der Waals surface area contributed by atoms with E-state index in [0.717, 1.165) is 0 Å². The van der Waals surface area contributed by atoms with E-state index in [1.165, 1.54) is 0 Å². The molecule has 0 aromatic heterocycles. The van der Waals surface area contributed by atoms with Gasteiger partial charge in [-0.05, 0) is 41.5 Å². The van der Waals surface area contributed by atoms with Crippen LogP contribution in [0, 0.1) is 0 Å². The van der Waals surface area contributed by atoms with Crippen LogP contribution < -0.4 is 11.0 Å². The molecular weight excluding hydrogens is 184 g/mol. The van der Waals surface area contributed by atoms with E-state index in [4.69, 9.17) is 4.74 Å². The first-order valence-corrected chi connectivity index (χ1v) is 4.52. The standard InChI is InChI=1S/C9H20N2O3/c1-8(2,3)10-11-14-7(12)13-9(4,5)6/h10-11H,1-6H3. The lowest BCUT2D eigenvalue weighted by atomic mass is 10.1. The molecule has 14 heavy (non-hydrogen) atoms. The van der Waals surface area contributed by atoms with Crippen LogP contribution in [0.1, 0.15) is 41.5 Å². The number of hydrazine groups is 1. The maximum Gasteiger partial charge on any atom is 0.529 e. The molecule has 2 N–H and O–H groups in total. The average molecular weight is 204 g/mol. The van der Waals surface area contributed by atoms with Crippen LogP contribution in [-0.2, 0) is 9.57 Å². The molecule has 0 spiro atoms. The van der Waals surface area contributed by atoms with Crippen molar-refractivity contribution in [2.75, 3.05) is 0 Å². The van der Waals surface area contributed by atoms with Crippen molar-refractivity contribution in [2.45, 2.75) is 52.7 Å². The molecule has 0 heterocycles. The SMILES string of the molecule is CC(C)(C)NNOC(=O)OC(C)(C)C. The number of nitrogens with one attached hydrogen (secondary N) is 2. The van der Waals surface area contributed by atoms with E-state index < -0.39 is 11.8 Å². The number of hydrogen-bond donors (Lipinski definition) is 2. The first-order valence-electron chi connectivity index (χ1n) is 4.52. The Bertz CT molecular complexity index is 191. The van der Waals surface area contributed by atoms with Crippen LogP contribution in [-0.4, -0.2) is 17.3 Å². The molecule has 0 bridgehead atoms. The topological polar surface area (TPSA) is 59.6 Å². The third kappa shape index (κ3) is 9.28.